The van der Waals surface area contributed by atoms with Crippen molar-refractivity contribution < 1.29 is 8.78 Å². The Morgan fingerprint density at radius 2 is 1.19 bits per heavy atom. The van der Waals surface area contributed by atoms with Crippen molar-refractivity contribution in [3.05, 3.63) is 119 Å². The van der Waals surface area contributed by atoms with E-state index in [-0.39, 0.29) is 11.5 Å². The van der Waals surface area contributed by atoms with E-state index in [1.807, 2.05) is 73.7 Å². The molecule has 0 radical (unpaired) electrons. The van der Waals surface area contributed by atoms with Gasteiger partial charge >= 0.3 is 0 Å². The minimum atomic E-state index is -0.519. The van der Waals surface area contributed by atoms with Gasteiger partial charge in [-0.2, -0.15) is 5.26 Å². The molecule has 4 rings (SSSR count). The first-order chi connectivity index (χ1) is 15.0. The SMILES string of the molecule is CC(Cc1c(F)cc(-c2ccc(-c3ccc(C#N)cc3)cc2)cc1F)c1ccccc1. The topological polar surface area (TPSA) is 23.8 Å². The second-order valence-electron chi connectivity index (χ2n) is 7.70. The van der Waals surface area contributed by atoms with E-state index in [9.17, 15) is 8.78 Å². The van der Waals surface area contributed by atoms with Gasteiger partial charge in [0.15, 0.2) is 0 Å². The summed E-state index contributed by atoms with van der Waals surface area (Å²) in [4.78, 5) is 0. The first kappa shape index (κ1) is 20.5. The first-order valence-corrected chi connectivity index (χ1v) is 10.2. The molecule has 4 aromatic carbocycles. The standard InChI is InChI=1S/C28H21F2N/c1-19(21-5-3-2-4-6-21)15-26-27(29)16-25(17-28(26)30)24-13-11-23(12-14-24)22-9-7-20(18-31)8-10-22/h2-14,16-17,19H,15H2,1H3. The van der Waals surface area contributed by atoms with Gasteiger partial charge in [0.25, 0.3) is 0 Å². The molecule has 0 fully saturated rings. The van der Waals surface area contributed by atoms with E-state index < -0.39 is 11.6 Å². The normalized spacial score (nSPS) is 11.7. The molecule has 0 saturated carbocycles. The highest BCUT2D eigenvalue weighted by atomic mass is 19.1. The van der Waals surface area contributed by atoms with Gasteiger partial charge in [0, 0.05) is 5.56 Å². The Bertz CT molecular complexity index is 1200. The van der Waals surface area contributed by atoms with Crippen molar-refractivity contribution in [2.75, 3.05) is 0 Å². The third-order valence-electron chi connectivity index (χ3n) is 5.59. The Labute approximate surface area is 181 Å². The van der Waals surface area contributed by atoms with Crippen LogP contribution in [0.3, 0.4) is 0 Å². The Morgan fingerprint density at radius 3 is 1.71 bits per heavy atom. The predicted octanol–water partition coefficient (Wildman–Crippen LogP) is 7.52. The van der Waals surface area contributed by atoms with E-state index in [0.717, 1.165) is 22.3 Å². The maximum Gasteiger partial charge on any atom is 0.129 e. The molecule has 0 aromatic heterocycles. The van der Waals surface area contributed by atoms with Crippen LogP contribution >= 0.6 is 0 Å². The van der Waals surface area contributed by atoms with Crippen molar-refractivity contribution >= 4 is 0 Å². The number of benzene rings is 4. The summed E-state index contributed by atoms with van der Waals surface area (Å²) in [6, 6.07) is 29.5. The quantitative estimate of drug-likeness (QED) is 0.334. The summed E-state index contributed by atoms with van der Waals surface area (Å²) in [5, 5.41) is 8.92. The fraction of sp³-hybridized carbons (Fsp3) is 0.107. The van der Waals surface area contributed by atoms with E-state index in [4.69, 9.17) is 5.26 Å². The first-order valence-electron chi connectivity index (χ1n) is 10.2. The number of halogens is 2. The maximum atomic E-state index is 14.8. The molecule has 31 heavy (non-hydrogen) atoms. The van der Waals surface area contributed by atoms with Crippen LogP contribution in [0.2, 0.25) is 0 Å². The van der Waals surface area contributed by atoms with Crippen molar-refractivity contribution in [1.29, 1.82) is 5.26 Å². The van der Waals surface area contributed by atoms with Crippen LogP contribution in [0, 0.1) is 23.0 Å². The molecule has 0 bridgehead atoms. The summed E-state index contributed by atoms with van der Waals surface area (Å²) in [6.45, 7) is 1.98. The van der Waals surface area contributed by atoms with Crippen LogP contribution in [0.1, 0.15) is 29.5 Å². The Morgan fingerprint density at radius 1 is 0.710 bits per heavy atom. The molecule has 0 aliphatic carbocycles. The van der Waals surface area contributed by atoms with Gasteiger partial charge in [-0.3, -0.25) is 0 Å². The molecule has 3 heteroatoms. The van der Waals surface area contributed by atoms with Gasteiger partial charge in [-0.25, -0.2) is 8.78 Å². The van der Waals surface area contributed by atoms with E-state index in [1.165, 1.54) is 12.1 Å². The average Bonchev–Trinajstić information content (AvgIpc) is 2.82. The van der Waals surface area contributed by atoms with Gasteiger partial charge in [-0.1, -0.05) is 73.7 Å². The molecule has 0 aliphatic rings. The van der Waals surface area contributed by atoms with Crippen molar-refractivity contribution in [3.8, 4) is 28.3 Å². The van der Waals surface area contributed by atoms with E-state index >= 15 is 0 Å². The van der Waals surface area contributed by atoms with Gasteiger partial charge in [-0.05, 0) is 64.4 Å². The van der Waals surface area contributed by atoms with Crippen molar-refractivity contribution in [2.45, 2.75) is 19.3 Å². The van der Waals surface area contributed by atoms with Crippen LogP contribution in [-0.4, -0.2) is 0 Å². The smallest absolute Gasteiger partial charge is 0.129 e. The van der Waals surface area contributed by atoms with Crippen molar-refractivity contribution in [1.82, 2.24) is 0 Å². The van der Waals surface area contributed by atoms with Gasteiger partial charge in [-0.15, -0.1) is 0 Å². The fourth-order valence-electron chi connectivity index (χ4n) is 3.76. The molecule has 1 nitrogen and oxygen atoms in total. The summed E-state index contributed by atoms with van der Waals surface area (Å²) in [5.41, 5.74) is 5.00. The Kier molecular flexibility index (Phi) is 5.91. The van der Waals surface area contributed by atoms with Gasteiger partial charge < -0.3 is 0 Å². The van der Waals surface area contributed by atoms with Crippen LogP contribution in [0.5, 0.6) is 0 Å². The zero-order chi connectivity index (χ0) is 21.8. The number of hydrogen-bond acceptors (Lipinski definition) is 1. The van der Waals surface area contributed by atoms with Crippen molar-refractivity contribution in [2.24, 2.45) is 0 Å². The fourth-order valence-corrected chi connectivity index (χ4v) is 3.76. The minimum absolute atomic E-state index is 0.0164. The highest BCUT2D eigenvalue weighted by molar-refractivity contribution is 5.71. The maximum absolute atomic E-state index is 14.8. The number of nitriles is 1. The monoisotopic (exact) mass is 409 g/mol. The molecular weight excluding hydrogens is 388 g/mol. The summed E-state index contributed by atoms with van der Waals surface area (Å²) < 4.78 is 29.6. The summed E-state index contributed by atoms with van der Waals surface area (Å²) in [5.74, 6) is -1.02. The van der Waals surface area contributed by atoms with Crippen LogP contribution in [-0.2, 0) is 6.42 Å². The lowest BCUT2D eigenvalue weighted by Gasteiger charge is -2.14. The molecular formula is C28H21F2N. The van der Waals surface area contributed by atoms with E-state index in [0.29, 0.717) is 17.5 Å². The van der Waals surface area contributed by atoms with Crippen LogP contribution in [0.25, 0.3) is 22.3 Å². The second kappa shape index (κ2) is 8.93. The molecule has 0 saturated heterocycles. The lowest BCUT2D eigenvalue weighted by atomic mass is 9.92. The molecule has 1 atom stereocenters. The number of rotatable bonds is 5. The molecule has 0 heterocycles. The number of nitrogens with zero attached hydrogens (tertiary/aromatic N) is 1. The Balaban J connectivity index is 1.57. The van der Waals surface area contributed by atoms with Crippen LogP contribution < -0.4 is 0 Å². The zero-order valence-corrected chi connectivity index (χ0v) is 17.1. The lowest BCUT2D eigenvalue weighted by molar-refractivity contribution is 0.544. The van der Waals surface area contributed by atoms with Gasteiger partial charge in [0.1, 0.15) is 11.6 Å². The minimum Gasteiger partial charge on any atom is -0.207 e. The highest BCUT2D eigenvalue weighted by Crippen LogP contribution is 2.30. The van der Waals surface area contributed by atoms with Crippen LogP contribution in [0.4, 0.5) is 8.78 Å². The molecule has 0 spiro atoms. The van der Waals surface area contributed by atoms with E-state index in [2.05, 4.69) is 6.07 Å². The third-order valence-corrected chi connectivity index (χ3v) is 5.59. The molecule has 4 aromatic rings. The Hall–Kier alpha value is -3.77. The van der Waals surface area contributed by atoms with Crippen LogP contribution in [0.15, 0.2) is 91.0 Å². The van der Waals surface area contributed by atoms with E-state index in [1.54, 1.807) is 12.1 Å². The largest absolute Gasteiger partial charge is 0.207 e. The summed E-state index contributed by atoms with van der Waals surface area (Å²) in [7, 11) is 0. The molecule has 0 aliphatic heterocycles. The second-order valence-corrected chi connectivity index (χ2v) is 7.70. The highest BCUT2D eigenvalue weighted by Gasteiger charge is 2.16. The summed E-state index contributed by atoms with van der Waals surface area (Å²) >= 11 is 0. The zero-order valence-electron chi connectivity index (χ0n) is 17.1. The van der Waals surface area contributed by atoms with Gasteiger partial charge in [0.05, 0.1) is 11.6 Å². The molecule has 1 unspecified atom stereocenters. The molecule has 0 amide bonds. The average molecular weight is 409 g/mol. The molecule has 0 N–H and O–H groups in total. The summed E-state index contributed by atoms with van der Waals surface area (Å²) in [6.07, 6.45) is 0.305. The number of hydrogen-bond donors (Lipinski definition) is 0. The van der Waals surface area contributed by atoms with Crippen molar-refractivity contribution in [3.63, 3.8) is 0 Å². The predicted molar refractivity (Wildman–Crippen MR) is 121 cm³/mol. The van der Waals surface area contributed by atoms with Gasteiger partial charge in [0.2, 0.25) is 0 Å². The molecule has 152 valence electrons. The lowest BCUT2D eigenvalue weighted by Crippen LogP contribution is -2.04. The third kappa shape index (κ3) is 4.54.